The number of hydrogen-bond acceptors (Lipinski definition) is 5. The van der Waals surface area contributed by atoms with Gasteiger partial charge in [-0.1, -0.05) is 11.3 Å². The largest absolute Gasteiger partial charge is 0.467 e. The maximum atomic E-state index is 13.5. The van der Waals surface area contributed by atoms with Crippen molar-refractivity contribution in [2.45, 2.75) is 13.5 Å². The number of halogens is 1. The number of rotatable bonds is 4. The lowest BCUT2D eigenvalue weighted by atomic mass is 10.3. The van der Waals surface area contributed by atoms with Crippen LogP contribution >= 0.6 is 11.3 Å². The fraction of sp³-hybridized carbons (Fsp3) is 0.167. The predicted octanol–water partition coefficient (Wildman–Crippen LogP) is 3.92. The van der Waals surface area contributed by atoms with E-state index in [-0.39, 0.29) is 18.3 Å². The smallest absolute Gasteiger partial charge is 0.278 e. The molecule has 0 atom stereocenters. The highest BCUT2D eigenvalue weighted by atomic mass is 32.1. The summed E-state index contributed by atoms with van der Waals surface area (Å²) >= 11 is 1.26. The van der Waals surface area contributed by atoms with E-state index in [0.29, 0.717) is 26.8 Å². The number of nitrogens with zero attached hydrogens (tertiary/aromatic N) is 4. The Kier molecular flexibility index (Phi) is 4.04. The van der Waals surface area contributed by atoms with Crippen molar-refractivity contribution in [2.75, 3.05) is 4.90 Å². The molecule has 8 heteroatoms. The average molecular weight is 370 g/mol. The summed E-state index contributed by atoms with van der Waals surface area (Å²) in [5, 5.41) is 4.72. The minimum absolute atomic E-state index is 0.221. The Morgan fingerprint density at radius 1 is 1.35 bits per heavy atom. The summed E-state index contributed by atoms with van der Waals surface area (Å²) in [5.41, 5.74) is 1.84. The molecular formula is C18H15FN4O2S. The van der Waals surface area contributed by atoms with Crippen molar-refractivity contribution >= 4 is 32.6 Å². The second-order valence-electron chi connectivity index (χ2n) is 5.87. The van der Waals surface area contributed by atoms with Crippen LogP contribution in [0.1, 0.15) is 21.9 Å². The molecule has 1 amide bonds. The number of thiazole rings is 1. The van der Waals surface area contributed by atoms with Gasteiger partial charge in [0.1, 0.15) is 17.3 Å². The van der Waals surface area contributed by atoms with Crippen LogP contribution in [0.3, 0.4) is 0 Å². The van der Waals surface area contributed by atoms with Gasteiger partial charge in [-0.05, 0) is 43.3 Å². The molecule has 0 N–H and O–H groups in total. The average Bonchev–Trinajstić information content (AvgIpc) is 3.31. The molecule has 0 spiro atoms. The summed E-state index contributed by atoms with van der Waals surface area (Å²) in [6, 6.07) is 9.66. The van der Waals surface area contributed by atoms with Crippen molar-refractivity contribution in [3.8, 4) is 0 Å². The molecule has 132 valence electrons. The summed E-state index contributed by atoms with van der Waals surface area (Å²) in [5.74, 6) is 0.0468. The first-order valence-corrected chi connectivity index (χ1v) is 8.74. The van der Waals surface area contributed by atoms with Crippen LogP contribution in [-0.4, -0.2) is 20.7 Å². The van der Waals surface area contributed by atoms with Crippen molar-refractivity contribution in [1.82, 2.24) is 14.8 Å². The second-order valence-corrected chi connectivity index (χ2v) is 6.88. The quantitative estimate of drug-likeness (QED) is 0.546. The number of carbonyl (C=O) groups excluding carboxylic acids is 1. The van der Waals surface area contributed by atoms with E-state index in [1.54, 1.807) is 42.3 Å². The zero-order valence-electron chi connectivity index (χ0n) is 14.1. The maximum absolute atomic E-state index is 13.5. The first-order valence-electron chi connectivity index (χ1n) is 7.92. The zero-order chi connectivity index (χ0) is 18.3. The van der Waals surface area contributed by atoms with Crippen molar-refractivity contribution in [1.29, 1.82) is 0 Å². The van der Waals surface area contributed by atoms with Gasteiger partial charge in [-0.15, -0.1) is 0 Å². The van der Waals surface area contributed by atoms with Crippen molar-refractivity contribution in [2.24, 2.45) is 7.05 Å². The Morgan fingerprint density at radius 3 is 2.88 bits per heavy atom. The van der Waals surface area contributed by atoms with Crippen LogP contribution in [0.4, 0.5) is 9.52 Å². The third-order valence-electron chi connectivity index (χ3n) is 3.93. The molecule has 6 nitrogen and oxygen atoms in total. The number of anilines is 1. The Labute approximate surface area is 152 Å². The van der Waals surface area contributed by atoms with Gasteiger partial charge >= 0.3 is 0 Å². The van der Waals surface area contributed by atoms with E-state index in [9.17, 15) is 9.18 Å². The number of amides is 1. The van der Waals surface area contributed by atoms with Crippen molar-refractivity contribution in [3.63, 3.8) is 0 Å². The van der Waals surface area contributed by atoms with Crippen LogP contribution in [0.15, 0.2) is 47.1 Å². The van der Waals surface area contributed by atoms with E-state index in [1.807, 2.05) is 6.92 Å². The molecule has 0 saturated heterocycles. The van der Waals surface area contributed by atoms with Gasteiger partial charge in [-0.25, -0.2) is 9.37 Å². The highest BCUT2D eigenvalue weighted by Gasteiger charge is 2.25. The maximum Gasteiger partial charge on any atom is 0.278 e. The van der Waals surface area contributed by atoms with Gasteiger partial charge in [0, 0.05) is 7.05 Å². The number of benzene rings is 1. The molecular weight excluding hydrogens is 355 g/mol. The molecule has 0 aliphatic rings. The van der Waals surface area contributed by atoms with E-state index >= 15 is 0 Å². The number of furan rings is 1. The summed E-state index contributed by atoms with van der Waals surface area (Å²) in [7, 11) is 1.72. The lowest BCUT2D eigenvalue weighted by molar-refractivity contribution is 0.0974. The van der Waals surface area contributed by atoms with Crippen LogP contribution in [0.2, 0.25) is 0 Å². The van der Waals surface area contributed by atoms with Crippen LogP contribution < -0.4 is 4.90 Å². The Bertz CT molecular complexity index is 1080. The lowest BCUT2D eigenvalue weighted by Gasteiger charge is -2.18. The number of fused-ring (bicyclic) bond motifs is 1. The van der Waals surface area contributed by atoms with Gasteiger partial charge in [0.25, 0.3) is 5.91 Å². The Morgan fingerprint density at radius 2 is 2.19 bits per heavy atom. The molecule has 0 aliphatic heterocycles. The first kappa shape index (κ1) is 16.5. The molecule has 3 aromatic heterocycles. The van der Waals surface area contributed by atoms with Gasteiger partial charge in [0.2, 0.25) is 0 Å². The zero-order valence-corrected chi connectivity index (χ0v) is 15.0. The standard InChI is InChI=1S/C18H15FN4O2S/c1-11-8-15(22(2)21-11)17(24)23(10-13-4-3-7-25-13)18-20-14-6-5-12(19)9-16(14)26-18/h3-9H,10H2,1-2H3. The van der Waals surface area contributed by atoms with E-state index in [2.05, 4.69) is 10.1 Å². The number of aryl methyl sites for hydroxylation is 2. The number of carbonyl (C=O) groups is 1. The highest BCUT2D eigenvalue weighted by Crippen LogP contribution is 2.31. The molecule has 26 heavy (non-hydrogen) atoms. The first-order chi connectivity index (χ1) is 12.5. The van der Waals surface area contributed by atoms with E-state index in [0.717, 1.165) is 5.69 Å². The van der Waals surface area contributed by atoms with E-state index < -0.39 is 0 Å². The minimum atomic E-state index is -0.334. The molecule has 0 bridgehead atoms. The molecule has 0 radical (unpaired) electrons. The normalized spacial score (nSPS) is 11.2. The third-order valence-corrected chi connectivity index (χ3v) is 4.97. The summed E-state index contributed by atoms with van der Waals surface area (Å²) in [6.07, 6.45) is 1.56. The van der Waals surface area contributed by atoms with Crippen LogP contribution in [0.25, 0.3) is 10.2 Å². The summed E-state index contributed by atoms with van der Waals surface area (Å²) < 4.78 is 21.1. The van der Waals surface area contributed by atoms with Crippen LogP contribution in [-0.2, 0) is 13.6 Å². The molecule has 0 aliphatic carbocycles. The van der Waals surface area contributed by atoms with Crippen molar-refractivity contribution in [3.05, 3.63) is 65.6 Å². The molecule has 3 heterocycles. The molecule has 0 fully saturated rings. The summed E-state index contributed by atoms with van der Waals surface area (Å²) in [4.78, 5) is 19.2. The van der Waals surface area contributed by atoms with E-state index in [4.69, 9.17) is 4.42 Å². The predicted molar refractivity (Wildman–Crippen MR) is 96.7 cm³/mol. The Balaban J connectivity index is 1.78. The Hall–Kier alpha value is -3.00. The van der Waals surface area contributed by atoms with Gasteiger partial charge in [-0.3, -0.25) is 14.4 Å². The molecule has 0 unspecified atom stereocenters. The number of aromatic nitrogens is 3. The number of hydrogen-bond donors (Lipinski definition) is 0. The van der Waals surface area contributed by atoms with Crippen molar-refractivity contribution < 1.29 is 13.6 Å². The topological polar surface area (TPSA) is 64.2 Å². The highest BCUT2D eigenvalue weighted by molar-refractivity contribution is 7.22. The monoisotopic (exact) mass is 370 g/mol. The summed E-state index contributed by atoms with van der Waals surface area (Å²) in [6.45, 7) is 2.05. The second kappa shape index (κ2) is 6.38. The SMILES string of the molecule is Cc1cc(C(=O)N(Cc2ccco2)c2nc3ccc(F)cc3s2)n(C)n1. The fourth-order valence-electron chi connectivity index (χ4n) is 2.74. The molecule has 4 rings (SSSR count). The lowest BCUT2D eigenvalue weighted by Crippen LogP contribution is -2.31. The van der Waals surface area contributed by atoms with Crippen LogP contribution in [0.5, 0.6) is 0 Å². The van der Waals surface area contributed by atoms with Gasteiger partial charge in [-0.2, -0.15) is 5.10 Å². The van der Waals surface area contributed by atoms with Gasteiger partial charge < -0.3 is 4.42 Å². The fourth-order valence-corrected chi connectivity index (χ4v) is 3.72. The van der Waals surface area contributed by atoms with Gasteiger partial charge in [0.15, 0.2) is 5.13 Å². The van der Waals surface area contributed by atoms with Crippen LogP contribution in [0, 0.1) is 12.7 Å². The third kappa shape index (κ3) is 2.99. The minimum Gasteiger partial charge on any atom is -0.467 e. The molecule has 0 saturated carbocycles. The molecule has 4 aromatic rings. The van der Waals surface area contributed by atoms with E-state index in [1.165, 1.54) is 28.4 Å². The molecule has 1 aromatic carbocycles. The van der Waals surface area contributed by atoms with Gasteiger partial charge in [0.05, 0.1) is 28.7 Å².